The van der Waals surface area contributed by atoms with E-state index in [0.717, 1.165) is 28.0 Å². The van der Waals surface area contributed by atoms with Crippen molar-refractivity contribution in [1.29, 1.82) is 0 Å². The van der Waals surface area contributed by atoms with Crippen molar-refractivity contribution in [2.24, 2.45) is 0 Å². The smallest absolute Gasteiger partial charge is 0.0922 e. The van der Waals surface area contributed by atoms with E-state index < -0.39 is 0 Å². The van der Waals surface area contributed by atoms with Gasteiger partial charge in [-0.05, 0) is 25.1 Å². The zero-order chi connectivity index (χ0) is 12.5. The molecule has 0 atom stereocenters. The SMILES string of the molecule is Cc1nc2ccc(Cl)cc2nc1-c1ccccc1. The third-order valence-electron chi connectivity index (χ3n) is 2.85. The fourth-order valence-electron chi connectivity index (χ4n) is 1.99. The van der Waals surface area contributed by atoms with E-state index in [2.05, 4.69) is 9.97 Å². The summed E-state index contributed by atoms with van der Waals surface area (Å²) in [4.78, 5) is 9.23. The lowest BCUT2D eigenvalue weighted by molar-refractivity contribution is 1.19. The molecule has 3 heteroatoms. The molecule has 3 aromatic rings. The molecule has 88 valence electrons. The van der Waals surface area contributed by atoms with Gasteiger partial charge >= 0.3 is 0 Å². The molecule has 1 heterocycles. The maximum atomic E-state index is 5.99. The molecule has 2 nitrogen and oxygen atoms in total. The van der Waals surface area contributed by atoms with Gasteiger partial charge in [-0.1, -0.05) is 41.9 Å². The molecule has 2 aromatic carbocycles. The number of nitrogens with zero attached hydrogens (tertiary/aromatic N) is 2. The van der Waals surface area contributed by atoms with Crippen molar-refractivity contribution in [1.82, 2.24) is 9.97 Å². The van der Waals surface area contributed by atoms with Gasteiger partial charge in [-0.3, -0.25) is 0 Å². The van der Waals surface area contributed by atoms with Crippen LogP contribution in [0.4, 0.5) is 0 Å². The highest BCUT2D eigenvalue weighted by molar-refractivity contribution is 6.31. The van der Waals surface area contributed by atoms with Crippen LogP contribution in [0.15, 0.2) is 48.5 Å². The van der Waals surface area contributed by atoms with Crippen molar-refractivity contribution in [3.63, 3.8) is 0 Å². The van der Waals surface area contributed by atoms with Crippen LogP contribution in [0.25, 0.3) is 22.3 Å². The first-order chi connectivity index (χ1) is 8.74. The molecule has 18 heavy (non-hydrogen) atoms. The lowest BCUT2D eigenvalue weighted by atomic mass is 10.1. The molecule has 0 bridgehead atoms. The number of rotatable bonds is 1. The number of aromatic nitrogens is 2. The fourth-order valence-corrected chi connectivity index (χ4v) is 2.15. The number of halogens is 1. The van der Waals surface area contributed by atoms with Crippen LogP contribution < -0.4 is 0 Å². The van der Waals surface area contributed by atoms with Crippen LogP contribution in [0.5, 0.6) is 0 Å². The number of hydrogen-bond donors (Lipinski definition) is 0. The van der Waals surface area contributed by atoms with E-state index >= 15 is 0 Å². The molecule has 0 saturated carbocycles. The Balaban J connectivity index is 2.27. The average Bonchev–Trinajstić information content (AvgIpc) is 2.39. The number of hydrogen-bond acceptors (Lipinski definition) is 2. The Morgan fingerprint density at radius 3 is 2.44 bits per heavy atom. The summed E-state index contributed by atoms with van der Waals surface area (Å²) in [6.07, 6.45) is 0. The van der Waals surface area contributed by atoms with E-state index in [-0.39, 0.29) is 0 Å². The highest BCUT2D eigenvalue weighted by Gasteiger charge is 2.07. The Bertz CT molecular complexity index is 708. The van der Waals surface area contributed by atoms with Gasteiger partial charge in [0.2, 0.25) is 0 Å². The van der Waals surface area contributed by atoms with Gasteiger partial charge in [0.05, 0.1) is 22.4 Å². The van der Waals surface area contributed by atoms with Gasteiger partial charge in [0, 0.05) is 10.6 Å². The first-order valence-corrected chi connectivity index (χ1v) is 6.11. The van der Waals surface area contributed by atoms with Crippen LogP contribution in [0, 0.1) is 6.92 Å². The maximum Gasteiger partial charge on any atom is 0.0922 e. The van der Waals surface area contributed by atoms with Gasteiger partial charge in [0.25, 0.3) is 0 Å². The standard InChI is InChI=1S/C15H11ClN2/c1-10-15(11-5-3-2-4-6-11)18-14-9-12(16)7-8-13(14)17-10/h2-9H,1H3. The molecule has 0 aliphatic rings. The Labute approximate surface area is 110 Å². The van der Waals surface area contributed by atoms with Gasteiger partial charge in [0.15, 0.2) is 0 Å². The largest absolute Gasteiger partial charge is 0.249 e. The molecular weight excluding hydrogens is 244 g/mol. The van der Waals surface area contributed by atoms with Gasteiger partial charge in [-0.15, -0.1) is 0 Å². The predicted molar refractivity (Wildman–Crippen MR) is 74.7 cm³/mol. The summed E-state index contributed by atoms with van der Waals surface area (Å²) < 4.78 is 0. The summed E-state index contributed by atoms with van der Waals surface area (Å²) in [5.74, 6) is 0. The van der Waals surface area contributed by atoms with Gasteiger partial charge in [-0.25, -0.2) is 9.97 Å². The number of benzene rings is 2. The van der Waals surface area contributed by atoms with Crippen LogP contribution in [-0.2, 0) is 0 Å². The van der Waals surface area contributed by atoms with E-state index in [1.54, 1.807) is 0 Å². The minimum absolute atomic E-state index is 0.680. The molecule has 0 N–H and O–H groups in total. The summed E-state index contributed by atoms with van der Waals surface area (Å²) in [5.41, 5.74) is 4.61. The van der Waals surface area contributed by atoms with Crippen molar-refractivity contribution < 1.29 is 0 Å². The molecule has 3 rings (SSSR count). The molecule has 0 aliphatic carbocycles. The van der Waals surface area contributed by atoms with Gasteiger partial charge < -0.3 is 0 Å². The van der Waals surface area contributed by atoms with Gasteiger partial charge in [0.1, 0.15) is 0 Å². The normalized spacial score (nSPS) is 10.8. The maximum absolute atomic E-state index is 5.99. The molecule has 0 spiro atoms. The van der Waals surface area contributed by atoms with Crippen molar-refractivity contribution >= 4 is 22.6 Å². The van der Waals surface area contributed by atoms with Crippen molar-refractivity contribution in [3.8, 4) is 11.3 Å². The minimum atomic E-state index is 0.680. The first-order valence-electron chi connectivity index (χ1n) is 5.73. The van der Waals surface area contributed by atoms with Crippen molar-refractivity contribution in [3.05, 3.63) is 59.2 Å². The van der Waals surface area contributed by atoms with Crippen LogP contribution in [0.2, 0.25) is 5.02 Å². The molecule has 0 saturated heterocycles. The lowest BCUT2D eigenvalue weighted by Gasteiger charge is -2.06. The second-order valence-corrected chi connectivity index (χ2v) is 4.59. The lowest BCUT2D eigenvalue weighted by Crippen LogP contribution is -1.94. The predicted octanol–water partition coefficient (Wildman–Crippen LogP) is 4.26. The third kappa shape index (κ3) is 1.95. The Kier molecular flexibility index (Phi) is 2.73. The summed E-state index contributed by atoms with van der Waals surface area (Å²) in [7, 11) is 0. The summed E-state index contributed by atoms with van der Waals surface area (Å²) >= 11 is 5.99. The Morgan fingerprint density at radius 1 is 0.889 bits per heavy atom. The second kappa shape index (κ2) is 4.39. The molecule has 0 radical (unpaired) electrons. The average molecular weight is 255 g/mol. The quantitative estimate of drug-likeness (QED) is 0.648. The number of aryl methyl sites for hydroxylation is 1. The zero-order valence-electron chi connectivity index (χ0n) is 9.89. The topological polar surface area (TPSA) is 25.8 Å². The van der Waals surface area contributed by atoms with E-state index in [9.17, 15) is 0 Å². The second-order valence-electron chi connectivity index (χ2n) is 4.16. The summed E-state index contributed by atoms with van der Waals surface area (Å²) in [5, 5.41) is 0.680. The Morgan fingerprint density at radius 2 is 1.67 bits per heavy atom. The minimum Gasteiger partial charge on any atom is -0.249 e. The van der Waals surface area contributed by atoms with Gasteiger partial charge in [-0.2, -0.15) is 0 Å². The van der Waals surface area contributed by atoms with E-state index in [1.165, 1.54) is 0 Å². The highest BCUT2D eigenvalue weighted by Crippen LogP contribution is 2.24. The zero-order valence-corrected chi connectivity index (χ0v) is 10.6. The van der Waals surface area contributed by atoms with Crippen molar-refractivity contribution in [2.75, 3.05) is 0 Å². The molecule has 0 unspecified atom stereocenters. The molecule has 0 amide bonds. The summed E-state index contributed by atoms with van der Waals surface area (Å²) in [6.45, 7) is 1.98. The summed E-state index contributed by atoms with van der Waals surface area (Å²) in [6, 6.07) is 15.6. The van der Waals surface area contributed by atoms with E-state index in [0.29, 0.717) is 5.02 Å². The Hall–Kier alpha value is -1.93. The van der Waals surface area contributed by atoms with Crippen LogP contribution in [0.3, 0.4) is 0 Å². The van der Waals surface area contributed by atoms with Crippen LogP contribution in [-0.4, -0.2) is 9.97 Å². The third-order valence-corrected chi connectivity index (χ3v) is 3.08. The first kappa shape index (κ1) is 11.2. The fraction of sp³-hybridized carbons (Fsp3) is 0.0667. The van der Waals surface area contributed by atoms with Crippen LogP contribution in [0.1, 0.15) is 5.69 Å². The van der Waals surface area contributed by atoms with Crippen molar-refractivity contribution in [2.45, 2.75) is 6.92 Å². The molecule has 1 aromatic heterocycles. The molecule has 0 fully saturated rings. The molecule has 0 aliphatic heterocycles. The van der Waals surface area contributed by atoms with E-state index in [1.807, 2.05) is 55.5 Å². The molecular formula is C15H11ClN2. The van der Waals surface area contributed by atoms with Crippen LogP contribution >= 0.6 is 11.6 Å². The highest BCUT2D eigenvalue weighted by atomic mass is 35.5. The number of fused-ring (bicyclic) bond motifs is 1. The monoisotopic (exact) mass is 254 g/mol. The van der Waals surface area contributed by atoms with E-state index in [4.69, 9.17) is 11.6 Å².